The lowest BCUT2D eigenvalue weighted by Gasteiger charge is -2.35. The number of methoxy groups -OCH3 is 1. The van der Waals surface area contributed by atoms with Crippen LogP contribution in [-0.4, -0.2) is 74.4 Å². The molecule has 1 fully saturated rings. The highest BCUT2D eigenvalue weighted by Crippen LogP contribution is 2.36. The van der Waals surface area contributed by atoms with Crippen LogP contribution in [0.25, 0.3) is 10.2 Å². The van der Waals surface area contributed by atoms with Gasteiger partial charge in [0, 0.05) is 19.6 Å². The predicted octanol–water partition coefficient (Wildman–Crippen LogP) is 1.86. The molecule has 25 heavy (non-hydrogen) atoms. The van der Waals surface area contributed by atoms with Crippen LogP contribution in [0.1, 0.15) is 21.1 Å². The van der Waals surface area contributed by atoms with E-state index >= 15 is 0 Å². The van der Waals surface area contributed by atoms with E-state index in [4.69, 9.17) is 14.5 Å². The number of esters is 1. The van der Waals surface area contributed by atoms with Gasteiger partial charge < -0.3 is 19.3 Å². The summed E-state index contributed by atoms with van der Waals surface area (Å²) in [6.07, 6.45) is 0.132. The normalized spacial score (nSPS) is 18.2. The molecule has 0 saturated carbocycles. The smallest absolute Gasteiger partial charge is 0.348 e. The topological polar surface area (TPSA) is 67.8 Å². The third-order valence-electron chi connectivity index (χ3n) is 4.26. The van der Waals surface area contributed by atoms with Crippen molar-refractivity contribution in [2.45, 2.75) is 20.0 Å². The number of morpholine rings is 1. The van der Waals surface area contributed by atoms with Crippen molar-refractivity contribution in [3.63, 3.8) is 0 Å². The fourth-order valence-corrected chi connectivity index (χ4v) is 4.31. The molecule has 2 aromatic heterocycles. The maximum absolute atomic E-state index is 12.1. The monoisotopic (exact) mass is 364 g/mol. The van der Waals surface area contributed by atoms with E-state index in [1.165, 1.54) is 18.4 Å². The molecule has 8 heteroatoms. The number of fused-ring (bicyclic) bond motifs is 1. The van der Waals surface area contributed by atoms with Crippen LogP contribution in [0.2, 0.25) is 0 Å². The zero-order valence-corrected chi connectivity index (χ0v) is 16.1. The molecule has 1 unspecified atom stereocenters. The molecule has 0 aliphatic carbocycles. The number of aryl methyl sites for hydroxylation is 2. The molecule has 1 atom stereocenters. The van der Waals surface area contributed by atoms with Crippen LogP contribution in [0, 0.1) is 13.8 Å². The Morgan fingerprint density at radius 3 is 2.84 bits per heavy atom. The molecule has 136 valence electrons. The molecule has 0 spiro atoms. The van der Waals surface area contributed by atoms with E-state index in [-0.39, 0.29) is 12.1 Å². The summed E-state index contributed by atoms with van der Waals surface area (Å²) in [4.78, 5) is 27.1. The summed E-state index contributed by atoms with van der Waals surface area (Å²) in [6.45, 7) is 6.89. The minimum atomic E-state index is -0.323. The highest BCUT2D eigenvalue weighted by atomic mass is 32.1. The summed E-state index contributed by atoms with van der Waals surface area (Å²) < 4.78 is 10.8. The summed E-state index contributed by atoms with van der Waals surface area (Å²) >= 11 is 1.37. The maximum atomic E-state index is 12.1. The Morgan fingerprint density at radius 2 is 2.16 bits per heavy atom. The lowest BCUT2D eigenvalue weighted by molar-refractivity contribution is 0.0246. The largest absolute Gasteiger partial charge is 0.465 e. The number of hydrogen-bond acceptors (Lipinski definition) is 8. The second-order valence-corrected chi connectivity index (χ2v) is 7.52. The van der Waals surface area contributed by atoms with Crippen molar-refractivity contribution in [2.24, 2.45) is 0 Å². The van der Waals surface area contributed by atoms with Crippen molar-refractivity contribution in [1.29, 1.82) is 0 Å². The number of ether oxygens (including phenoxy) is 2. The third kappa shape index (κ3) is 3.61. The molecule has 0 amide bonds. The van der Waals surface area contributed by atoms with Crippen LogP contribution in [0.15, 0.2) is 0 Å². The van der Waals surface area contributed by atoms with E-state index in [1.807, 2.05) is 27.9 Å². The fourth-order valence-electron chi connectivity index (χ4n) is 3.17. The van der Waals surface area contributed by atoms with Crippen molar-refractivity contribution in [3.8, 4) is 0 Å². The SMILES string of the molecule is COC(=O)c1sc2nc(C)nc(N3CCOC(CN(C)C)C3)c2c1C. The Balaban J connectivity index is 2.03. The van der Waals surface area contributed by atoms with Crippen LogP contribution in [0.4, 0.5) is 5.82 Å². The predicted molar refractivity (Wildman–Crippen MR) is 98.7 cm³/mol. The Hall–Kier alpha value is -1.77. The Labute approximate surface area is 151 Å². The van der Waals surface area contributed by atoms with E-state index in [9.17, 15) is 4.79 Å². The molecular weight excluding hydrogens is 340 g/mol. The first-order valence-corrected chi connectivity index (χ1v) is 9.09. The van der Waals surface area contributed by atoms with Crippen molar-refractivity contribution in [3.05, 3.63) is 16.3 Å². The maximum Gasteiger partial charge on any atom is 0.348 e. The van der Waals surface area contributed by atoms with Gasteiger partial charge in [0.25, 0.3) is 0 Å². The van der Waals surface area contributed by atoms with Gasteiger partial charge in [0.2, 0.25) is 0 Å². The number of carbonyl (C=O) groups excluding carboxylic acids is 1. The zero-order chi connectivity index (χ0) is 18.1. The number of carbonyl (C=O) groups is 1. The first-order chi connectivity index (χ1) is 11.9. The van der Waals surface area contributed by atoms with Gasteiger partial charge in [-0.2, -0.15) is 0 Å². The van der Waals surface area contributed by atoms with Crippen LogP contribution in [0.3, 0.4) is 0 Å². The summed E-state index contributed by atoms with van der Waals surface area (Å²) in [5.74, 6) is 1.27. The Kier molecular flexibility index (Phi) is 5.21. The molecule has 0 bridgehead atoms. The molecule has 2 aromatic rings. The van der Waals surface area contributed by atoms with E-state index in [2.05, 4.69) is 14.8 Å². The van der Waals surface area contributed by atoms with Gasteiger partial charge in [-0.3, -0.25) is 0 Å². The van der Waals surface area contributed by atoms with Gasteiger partial charge in [-0.15, -0.1) is 11.3 Å². The molecule has 1 aliphatic rings. The van der Waals surface area contributed by atoms with E-state index in [0.29, 0.717) is 17.3 Å². The minimum Gasteiger partial charge on any atom is -0.465 e. The van der Waals surface area contributed by atoms with Gasteiger partial charge in [-0.05, 0) is 33.5 Å². The number of anilines is 1. The van der Waals surface area contributed by atoms with E-state index in [1.54, 1.807) is 0 Å². The zero-order valence-electron chi connectivity index (χ0n) is 15.3. The number of rotatable bonds is 4. The van der Waals surface area contributed by atoms with Gasteiger partial charge >= 0.3 is 5.97 Å². The number of nitrogens with zero attached hydrogens (tertiary/aromatic N) is 4. The highest BCUT2D eigenvalue weighted by Gasteiger charge is 2.27. The minimum absolute atomic E-state index is 0.132. The summed E-state index contributed by atoms with van der Waals surface area (Å²) in [5, 5.41) is 0.946. The molecule has 3 rings (SSSR count). The molecule has 0 radical (unpaired) electrons. The second kappa shape index (κ2) is 7.23. The van der Waals surface area contributed by atoms with Gasteiger partial charge in [-0.1, -0.05) is 0 Å². The Morgan fingerprint density at radius 1 is 1.40 bits per heavy atom. The molecule has 7 nitrogen and oxygen atoms in total. The molecule has 0 N–H and O–H groups in total. The van der Waals surface area contributed by atoms with Gasteiger partial charge in [-0.25, -0.2) is 14.8 Å². The van der Waals surface area contributed by atoms with Crippen molar-refractivity contribution >= 4 is 33.3 Å². The Bertz CT molecular complexity index is 790. The fraction of sp³-hybridized carbons (Fsp3) is 0.588. The highest BCUT2D eigenvalue weighted by molar-refractivity contribution is 7.20. The van der Waals surface area contributed by atoms with Crippen LogP contribution in [-0.2, 0) is 9.47 Å². The quantitative estimate of drug-likeness (QED) is 0.767. The molecule has 0 aromatic carbocycles. The average Bonchev–Trinajstić information content (AvgIpc) is 2.89. The van der Waals surface area contributed by atoms with Crippen LogP contribution < -0.4 is 4.90 Å². The molecule has 1 aliphatic heterocycles. The number of hydrogen-bond donors (Lipinski definition) is 0. The van der Waals surface area contributed by atoms with E-state index < -0.39 is 0 Å². The second-order valence-electron chi connectivity index (χ2n) is 6.52. The lowest BCUT2D eigenvalue weighted by Crippen LogP contribution is -2.47. The van der Waals surface area contributed by atoms with Crippen molar-refractivity contribution in [1.82, 2.24) is 14.9 Å². The van der Waals surface area contributed by atoms with Gasteiger partial charge in [0.1, 0.15) is 21.3 Å². The van der Waals surface area contributed by atoms with Gasteiger partial charge in [0.05, 0.1) is 25.2 Å². The average molecular weight is 364 g/mol. The van der Waals surface area contributed by atoms with E-state index in [0.717, 1.165) is 41.2 Å². The summed E-state index contributed by atoms with van der Waals surface area (Å²) in [6, 6.07) is 0. The standard InChI is InChI=1S/C17H24N4O3S/c1-10-13-15(21-6-7-24-12(9-21)8-20(3)4)18-11(2)19-16(13)25-14(10)17(22)23-5/h12H,6-9H2,1-5H3. The lowest BCUT2D eigenvalue weighted by atomic mass is 10.1. The van der Waals surface area contributed by atoms with Crippen molar-refractivity contribution < 1.29 is 14.3 Å². The molecule has 1 saturated heterocycles. The number of aromatic nitrogens is 2. The number of thiophene rings is 1. The van der Waals surface area contributed by atoms with Crippen molar-refractivity contribution in [2.75, 3.05) is 52.3 Å². The molecular formula is C17H24N4O3S. The first-order valence-electron chi connectivity index (χ1n) is 8.28. The molecule has 3 heterocycles. The number of likely N-dealkylation sites (N-methyl/N-ethyl adjacent to an activating group) is 1. The van der Waals surface area contributed by atoms with Crippen LogP contribution in [0.5, 0.6) is 0 Å². The first kappa shape index (κ1) is 18.0. The summed E-state index contributed by atoms with van der Waals surface area (Å²) in [5.41, 5.74) is 0.887. The van der Waals surface area contributed by atoms with Gasteiger partial charge in [0.15, 0.2) is 0 Å². The van der Waals surface area contributed by atoms with Crippen LogP contribution >= 0.6 is 11.3 Å². The third-order valence-corrected chi connectivity index (χ3v) is 5.43. The summed E-state index contributed by atoms with van der Waals surface area (Å²) in [7, 11) is 5.49.